The summed E-state index contributed by atoms with van der Waals surface area (Å²) < 4.78 is 15.7. The molecule has 0 saturated heterocycles. The molecule has 1 N–H and O–H groups in total. The summed E-state index contributed by atoms with van der Waals surface area (Å²) in [7, 11) is 0. The quantitative estimate of drug-likeness (QED) is 0.748. The summed E-state index contributed by atoms with van der Waals surface area (Å²) in [6, 6.07) is 6.35. The van der Waals surface area contributed by atoms with Crippen molar-refractivity contribution in [1.82, 2.24) is 15.5 Å². The number of nitrogens with zero attached hydrogens (tertiary/aromatic N) is 2. The van der Waals surface area contributed by atoms with E-state index in [9.17, 15) is 4.79 Å². The van der Waals surface area contributed by atoms with E-state index in [0.29, 0.717) is 17.5 Å². The van der Waals surface area contributed by atoms with Crippen molar-refractivity contribution in [3.05, 3.63) is 48.4 Å². The molecule has 0 bridgehead atoms. The molecule has 3 heterocycles. The smallest absolute Gasteiger partial charge is 0.287 e. The first-order valence-corrected chi connectivity index (χ1v) is 7.41. The number of amides is 1. The second kappa shape index (κ2) is 6.51. The number of carbonyl (C=O) groups is 1. The topological polar surface area (TPSA) is 94.3 Å². The number of rotatable bonds is 6. The van der Waals surface area contributed by atoms with Gasteiger partial charge in [-0.3, -0.25) is 4.79 Å². The third kappa shape index (κ3) is 3.18. The molecule has 3 aromatic heterocycles. The van der Waals surface area contributed by atoms with E-state index in [-0.39, 0.29) is 17.6 Å². The van der Waals surface area contributed by atoms with Crippen molar-refractivity contribution in [1.29, 1.82) is 0 Å². The second-order valence-corrected chi connectivity index (χ2v) is 5.25. The van der Waals surface area contributed by atoms with Crippen molar-refractivity contribution in [2.24, 2.45) is 5.92 Å². The molecule has 23 heavy (non-hydrogen) atoms. The summed E-state index contributed by atoms with van der Waals surface area (Å²) in [5.74, 6) is 1.23. The molecule has 7 nitrogen and oxygen atoms in total. The minimum Gasteiger partial charge on any atom is -0.461 e. The zero-order valence-electron chi connectivity index (χ0n) is 12.9. The van der Waals surface area contributed by atoms with Crippen LogP contribution in [0.1, 0.15) is 42.8 Å². The van der Waals surface area contributed by atoms with Crippen LogP contribution in [0.4, 0.5) is 0 Å². The predicted octanol–water partition coefficient (Wildman–Crippen LogP) is 3.44. The molecule has 0 aliphatic heterocycles. The molecule has 120 valence electrons. The van der Waals surface area contributed by atoms with Gasteiger partial charge < -0.3 is 18.7 Å². The van der Waals surface area contributed by atoms with Crippen molar-refractivity contribution in [3.8, 4) is 11.6 Å². The molecule has 0 fully saturated rings. The van der Waals surface area contributed by atoms with Crippen LogP contribution in [-0.4, -0.2) is 16.0 Å². The Morgan fingerprint density at radius 2 is 2.04 bits per heavy atom. The maximum atomic E-state index is 12.2. The molecule has 7 heteroatoms. The first-order valence-electron chi connectivity index (χ1n) is 7.41. The van der Waals surface area contributed by atoms with Gasteiger partial charge in [0.2, 0.25) is 11.7 Å². The Hall–Kier alpha value is -2.83. The van der Waals surface area contributed by atoms with Gasteiger partial charge in [0.15, 0.2) is 11.5 Å². The zero-order chi connectivity index (χ0) is 16.2. The lowest BCUT2D eigenvalue weighted by Gasteiger charge is -2.20. The second-order valence-electron chi connectivity index (χ2n) is 5.25. The normalized spacial score (nSPS) is 13.7. The third-order valence-electron chi connectivity index (χ3n) is 3.69. The molecule has 0 aromatic carbocycles. The van der Waals surface area contributed by atoms with E-state index in [2.05, 4.69) is 15.5 Å². The zero-order valence-corrected chi connectivity index (χ0v) is 12.9. The molecule has 0 aliphatic carbocycles. The van der Waals surface area contributed by atoms with Crippen LogP contribution in [0.25, 0.3) is 11.6 Å². The fourth-order valence-electron chi connectivity index (χ4n) is 2.17. The molecule has 0 radical (unpaired) electrons. The van der Waals surface area contributed by atoms with Gasteiger partial charge in [0.05, 0.1) is 12.5 Å². The molecule has 0 aliphatic rings. The minimum absolute atomic E-state index is 0.110. The lowest BCUT2D eigenvalue weighted by atomic mass is 9.99. The Morgan fingerprint density at radius 3 is 2.70 bits per heavy atom. The van der Waals surface area contributed by atoms with E-state index in [1.54, 1.807) is 24.3 Å². The molecule has 1 amide bonds. The summed E-state index contributed by atoms with van der Waals surface area (Å²) in [5, 5.41) is 6.80. The highest BCUT2D eigenvalue weighted by Gasteiger charge is 2.28. The van der Waals surface area contributed by atoms with Crippen LogP contribution < -0.4 is 5.32 Å². The highest BCUT2D eigenvalue weighted by atomic mass is 16.5. The molecular weight excluding hydrogens is 298 g/mol. The van der Waals surface area contributed by atoms with E-state index >= 15 is 0 Å². The van der Waals surface area contributed by atoms with Gasteiger partial charge in [0.25, 0.3) is 5.91 Å². The Labute approximate surface area is 132 Å². The van der Waals surface area contributed by atoms with Crippen molar-refractivity contribution in [2.45, 2.75) is 26.3 Å². The van der Waals surface area contributed by atoms with Crippen LogP contribution in [-0.2, 0) is 0 Å². The summed E-state index contributed by atoms with van der Waals surface area (Å²) in [5.41, 5.74) is 0. The monoisotopic (exact) mass is 315 g/mol. The fourth-order valence-corrected chi connectivity index (χ4v) is 2.17. The molecule has 3 rings (SSSR count). The van der Waals surface area contributed by atoms with E-state index in [4.69, 9.17) is 13.4 Å². The van der Waals surface area contributed by atoms with Crippen molar-refractivity contribution in [3.63, 3.8) is 0 Å². The van der Waals surface area contributed by atoms with Crippen LogP contribution in [0.5, 0.6) is 0 Å². The van der Waals surface area contributed by atoms with Gasteiger partial charge in [-0.2, -0.15) is 4.98 Å². The standard InChI is InChI=1S/C16H17N3O4/c1-3-10(2)13(17-15(20)12-7-5-9-22-12)16-18-14(19-23-16)11-6-4-8-21-11/h4-10,13H,3H2,1-2H3,(H,17,20)/t10-,13-/m0/s1. The Bertz CT molecular complexity index is 746. The van der Waals surface area contributed by atoms with Crippen LogP contribution in [0.15, 0.2) is 50.1 Å². The van der Waals surface area contributed by atoms with Gasteiger partial charge in [-0.25, -0.2) is 0 Å². The van der Waals surface area contributed by atoms with Gasteiger partial charge in [0.1, 0.15) is 6.04 Å². The lowest BCUT2D eigenvalue weighted by molar-refractivity contribution is 0.0882. The SMILES string of the molecule is CC[C@H](C)[C@H](NC(=O)c1ccco1)c1nc(-c2ccco2)no1. The van der Waals surface area contributed by atoms with Crippen molar-refractivity contribution in [2.75, 3.05) is 0 Å². The van der Waals surface area contributed by atoms with Crippen LogP contribution >= 0.6 is 0 Å². The number of hydrogen-bond donors (Lipinski definition) is 1. The first kappa shape index (κ1) is 15.1. The largest absolute Gasteiger partial charge is 0.461 e. The molecule has 0 spiro atoms. The summed E-state index contributed by atoms with van der Waals surface area (Å²) in [6.45, 7) is 4.03. The van der Waals surface area contributed by atoms with Crippen molar-refractivity contribution < 1.29 is 18.2 Å². The highest BCUT2D eigenvalue weighted by molar-refractivity contribution is 5.91. The number of carbonyl (C=O) groups excluding carboxylic acids is 1. The summed E-state index contributed by atoms with van der Waals surface area (Å²) >= 11 is 0. The maximum absolute atomic E-state index is 12.2. The average Bonchev–Trinajstić information content (AvgIpc) is 3.32. The lowest BCUT2D eigenvalue weighted by Crippen LogP contribution is -2.32. The number of aromatic nitrogens is 2. The first-order chi connectivity index (χ1) is 11.2. The average molecular weight is 315 g/mol. The summed E-state index contributed by atoms with van der Waals surface area (Å²) in [6.07, 6.45) is 3.83. The van der Waals surface area contributed by atoms with E-state index < -0.39 is 6.04 Å². The molecule has 2 atom stereocenters. The Balaban J connectivity index is 1.83. The minimum atomic E-state index is -0.409. The van der Waals surface area contributed by atoms with Crippen LogP contribution in [0, 0.1) is 5.92 Å². The third-order valence-corrected chi connectivity index (χ3v) is 3.69. The van der Waals surface area contributed by atoms with E-state index in [1.807, 2.05) is 13.8 Å². The van der Waals surface area contributed by atoms with E-state index in [1.165, 1.54) is 12.5 Å². The number of nitrogens with one attached hydrogen (secondary N) is 1. The molecule has 3 aromatic rings. The van der Waals surface area contributed by atoms with Crippen LogP contribution in [0.2, 0.25) is 0 Å². The van der Waals surface area contributed by atoms with Gasteiger partial charge in [-0.05, 0) is 30.2 Å². The Kier molecular flexibility index (Phi) is 4.27. The van der Waals surface area contributed by atoms with Gasteiger partial charge in [-0.1, -0.05) is 25.4 Å². The van der Waals surface area contributed by atoms with Crippen molar-refractivity contribution >= 4 is 5.91 Å². The van der Waals surface area contributed by atoms with Gasteiger partial charge in [-0.15, -0.1) is 0 Å². The maximum Gasteiger partial charge on any atom is 0.287 e. The molecule has 0 unspecified atom stereocenters. The highest BCUT2D eigenvalue weighted by Crippen LogP contribution is 2.26. The molecule has 0 saturated carbocycles. The molecular formula is C16H17N3O4. The predicted molar refractivity (Wildman–Crippen MR) is 80.4 cm³/mol. The van der Waals surface area contributed by atoms with E-state index in [0.717, 1.165) is 6.42 Å². The number of hydrogen-bond acceptors (Lipinski definition) is 6. The number of furan rings is 2. The summed E-state index contributed by atoms with van der Waals surface area (Å²) in [4.78, 5) is 16.6. The van der Waals surface area contributed by atoms with Gasteiger partial charge >= 0.3 is 0 Å². The van der Waals surface area contributed by atoms with Gasteiger partial charge in [0, 0.05) is 0 Å². The van der Waals surface area contributed by atoms with Crippen LogP contribution in [0.3, 0.4) is 0 Å². The fraction of sp³-hybridized carbons (Fsp3) is 0.312. The Morgan fingerprint density at radius 1 is 1.26 bits per heavy atom.